The predicted octanol–water partition coefficient (Wildman–Crippen LogP) is 4.18. The third kappa shape index (κ3) is 2.76. The van der Waals surface area contributed by atoms with E-state index in [1.165, 1.54) is 4.68 Å². The maximum Gasteiger partial charge on any atom is 0.282 e. The van der Waals surface area contributed by atoms with E-state index in [9.17, 15) is 8.78 Å². The minimum absolute atomic E-state index is 0.167. The third-order valence-electron chi connectivity index (χ3n) is 2.25. The van der Waals surface area contributed by atoms with Gasteiger partial charge in [0, 0.05) is 11.1 Å². The first-order valence-electron chi connectivity index (χ1n) is 4.82. The molecule has 0 aliphatic heterocycles. The Morgan fingerprint density at radius 1 is 1.24 bits per heavy atom. The van der Waals surface area contributed by atoms with E-state index in [1.54, 1.807) is 18.2 Å². The summed E-state index contributed by atoms with van der Waals surface area (Å²) in [5.41, 5.74) is 0.446. The summed E-state index contributed by atoms with van der Waals surface area (Å²) >= 11 is 11.8. The van der Waals surface area contributed by atoms with E-state index in [-0.39, 0.29) is 17.4 Å². The first-order valence-corrected chi connectivity index (χ1v) is 5.58. The number of rotatable bonds is 3. The average molecular weight is 277 g/mol. The first-order chi connectivity index (χ1) is 8.08. The Morgan fingerprint density at radius 2 is 1.94 bits per heavy atom. The van der Waals surface area contributed by atoms with Crippen molar-refractivity contribution in [2.24, 2.45) is 0 Å². The smallest absolute Gasteiger partial charge is 0.249 e. The van der Waals surface area contributed by atoms with Crippen molar-refractivity contribution in [3.63, 3.8) is 0 Å². The fourth-order valence-electron chi connectivity index (χ4n) is 1.42. The van der Waals surface area contributed by atoms with Crippen molar-refractivity contribution in [3.05, 3.63) is 51.8 Å². The molecule has 0 amide bonds. The molecule has 0 aliphatic carbocycles. The van der Waals surface area contributed by atoms with Crippen LogP contribution in [0.3, 0.4) is 0 Å². The number of benzene rings is 1. The predicted molar refractivity (Wildman–Crippen MR) is 62.7 cm³/mol. The van der Waals surface area contributed by atoms with Gasteiger partial charge in [0.05, 0.1) is 6.54 Å². The van der Waals surface area contributed by atoms with Crippen LogP contribution in [0, 0.1) is 0 Å². The van der Waals surface area contributed by atoms with Crippen LogP contribution in [0.4, 0.5) is 8.78 Å². The van der Waals surface area contributed by atoms with E-state index in [1.807, 2.05) is 6.07 Å². The van der Waals surface area contributed by atoms with Gasteiger partial charge in [-0.25, -0.2) is 13.5 Å². The van der Waals surface area contributed by atoms with E-state index >= 15 is 0 Å². The van der Waals surface area contributed by atoms with Crippen molar-refractivity contribution in [1.29, 1.82) is 0 Å². The molecule has 0 spiro atoms. The minimum atomic E-state index is -2.63. The maximum absolute atomic E-state index is 12.4. The summed E-state index contributed by atoms with van der Waals surface area (Å²) in [6, 6.07) is 8.28. The standard InChI is InChI=1S/C11H8Cl2F2N2/c12-8-4-2-1-3-7(8)6-17-10(13)5-9(16-17)11(14)15/h1-5,11H,6H2. The molecule has 2 nitrogen and oxygen atoms in total. The third-order valence-corrected chi connectivity index (χ3v) is 2.92. The van der Waals surface area contributed by atoms with Crippen molar-refractivity contribution in [1.82, 2.24) is 9.78 Å². The summed E-state index contributed by atoms with van der Waals surface area (Å²) in [4.78, 5) is 0. The molecule has 0 unspecified atom stereocenters. The maximum atomic E-state index is 12.4. The van der Waals surface area contributed by atoms with Crippen molar-refractivity contribution in [2.45, 2.75) is 13.0 Å². The molecule has 1 heterocycles. The Labute approximate surface area is 107 Å². The fourth-order valence-corrected chi connectivity index (χ4v) is 1.82. The van der Waals surface area contributed by atoms with Crippen LogP contribution < -0.4 is 0 Å². The Kier molecular flexibility index (Phi) is 3.64. The van der Waals surface area contributed by atoms with Gasteiger partial charge in [-0.15, -0.1) is 0 Å². The van der Waals surface area contributed by atoms with Gasteiger partial charge in [-0.05, 0) is 11.6 Å². The highest BCUT2D eigenvalue weighted by atomic mass is 35.5. The van der Waals surface area contributed by atoms with Gasteiger partial charge in [0.1, 0.15) is 10.8 Å². The van der Waals surface area contributed by atoms with Crippen LogP contribution >= 0.6 is 23.2 Å². The molecule has 17 heavy (non-hydrogen) atoms. The summed E-state index contributed by atoms with van der Waals surface area (Å²) in [6.07, 6.45) is -2.63. The van der Waals surface area contributed by atoms with Gasteiger partial charge in [-0.2, -0.15) is 5.10 Å². The molecule has 0 radical (unpaired) electrons. The van der Waals surface area contributed by atoms with Gasteiger partial charge in [0.15, 0.2) is 0 Å². The Balaban J connectivity index is 2.27. The summed E-state index contributed by atoms with van der Waals surface area (Å²) in [5, 5.41) is 4.44. The quantitative estimate of drug-likeness (QED) is 0.823. The normalized spacial score (nSPS) is 11.1. The van der Waals surface area contributed by atoms with Gasteiger partial charge in [-0.3, -0.25) is 0 Å². The highest BCUT2D eigenvalue weighted by molar-refractivity contribution is 6.31. The van der Waals surface area contributed by atoms with E-state index in [0.29, 0.717) is 5.02 Å². The molecule has 0 fully saturated rings. The minimum Gasteiger partial charge on any atom is -0.249 e. The van der Waals surface area contributed by atoms with Crippen LogP contribution in [0.1, 0.15) is 17.7 Å². The number of aromatic nitrogens is 2. The SMILES string of the molecule is FC(F)c1cc(Cl)n(Cc2ccccc2Cl)n1. The van der Waals surface area contributed by atoms with Gasteiger partial charge in [-0.1, -0.05) is 41.4 Å². The largest absolute Gasteiger partial charge is 0.282 e. The highest BCUT2D eigenvalue weighted by Gasteiger charge is 2.14. The van der Waals surface area contributed by atoms with Crippen LogP contribution in [-0.4, -0.2) is 9.78 Å². The van der Waals surface area contributed by atoms with Crippen molar-refractivity contribution in [2.75, 3.05) is 0 Å². The van der Waals surface area contributed by atoms with E-state index in [2.05, 4.69) is 5.10 Å². The second-order valence-corrected chi connectivity index (χ2v) is 4.24. The lowest BCUT2D eigenvalue weighted by Gasteiger charge is -2.05. The second-order valence-electron chi connectivity index (χ2n) is 3.44. The number of hydrogen-bond acceptors (Lipinski definition) is 1. The van der Waals surface area contributed by atoms with Crippen LogP contribution in [-0.2, 0) is 6.54 Å². The summed E-state index contributed by atoms with van der Waals surface area (Å²) in [5.74, 6) is 0. The molecule has 0 N–H and O–H groups in total. The summed E-state index contributed by atoms with van der Waals surface area (Å²) in [6.45, 7) is 0.269. The topological polar surface area (TPSA) is 17.8 Å². The van der Waals surface area contributed by atoms with Crippen molar-refractivity contribution in [3.8, 4) is 0 Å². The lowest BCUT2D eigenvalue weighted by Crippen LogP contribution is -2.03. The van der Waals surface area contributed by atoms with Gasteiger partial charge >= 0.3 is 0 Å². The van der Waals surface area contributed by atoms with Gasteiger partial charge in [0.2, 0.25) is 0 Å². The molecule has 0 aliphatic rings. The lowest BCUT2D eigenvalue weighted by molar-refractivity contribution is 0.145. The van der Waals surface area contributed by atoms with Crippen LogP contribution in [0.15, 0.2) is 30.3 Å². The van der Waals surface area contributed by atoms with Crippen molar-refractivity contribution < 1.29 is 8.78 Å². The highest BCUT2D eigenvalue weighted by Crippen LogP contribution is 2.23. The molecule has 0 bridgehead atoms. The molecular weight excluding hydrogens is 269 g/mol. The molecule has 1 aromatic carbocycles. The average Bonchev–Trinajstić information content (AvgIpc) is 2.64. The van der Waals surface area contributed by atoms with E-state index in [4.69, 9.17) is 23.2 Å². The lowest BCUT2D eigenvalue weighted by atomic mass is 10.2. The molecule has 6 heteroatoms. The number of alkyl halides is 2. The number of halogens is 4. The first kappa shape index (κ1) is 12.3. The Morgan fingerprint density at radius 3 is 2.53 bits per heavy atom. The molecular formula is C11H8Cl2F2N2. The molecule has 2 aromatic rings. The molecule has 1 aromatic heterocycles. The Bertz CT molecular complexity index is 526. The number of nitrogens with zero attached hydrogens (tertiary/aromatic N) is 2. The summed E-state index contributed by atoms with van der Waals surface area (Å²) in [7, 11) is 0. The molecule has 0 saturated heterocycles. The zero-order valence-corrected chi connectivity index (χ0v) is 10.1. The Hall–Kier alpha value is -1.13. The van der Waals surface area contributed by atoms with Crippen molar-refractivity contribution >= 4 is 23.2 Å². The molecule has 0 saturated carbocycles. The molecule has 2 rings (SSSR count). The van der Waals surface area contributed by atoms with E-state index < -0.39 is 6.43 Å². The monoisotopic (exact) mass is 276 g/mol. The molecule has 90 valence electrons. The van der Waals surface area contributed by atoms with Crippen LogP contribution in [0.2, 0.25) is 10.2 Å². The summed E-state index contributed by atoms with van der Waals surface area (Å²) < 4.78 is 26.1. The zero-order chi connectivity index (χ0) is 12.4. The van der Waals surface area contributed by atoms with Gasteiger partial charge < -0.3 is 0 Å². The van der Waals surface area contributed by atoms with Crippen LogP contribution in [0.5, 0.6) is 0 Å². The fraction of sp³-hybridized carbons (Fsp3) is 0.182. The van der Waals surface area contributed by atoms with Crippen LogP contribution in [0.25, 0.3) is 0 Å². The van der Waals surface area contributed by atoms with Gasteiger partial charge in [0.25, 0.3) is 6.43 Å². The number of hydrogen-bond donors (Lipinski definition) is 0. The molecule has 0 atom stereocenters. The second kappa shape index (κ2) is 5.02. The van der Waals surface area contributed by atoms with E-state index in [0.717, 1.165) is 11.6 Å². The zero-order valence-electron chi connectivity index (χ0n) is 8.58.